The summed E-state index contributed by atoms with van der Waals surface area (Å²) in [6, 6.07) is 0. The van der Waals surface area contributed by atoms with Crippen LogP contribution in [0.3, 0.4) is 0 Å². The van der Waals surface area contributed by atoms with E-state index in [-0.39, 0.29) is 0 Å². The number of hydrogen-bond acceptors (Lipinski definition) is 3. The zero-order chi connectivity index (χ0) is 7.40. The molecule has 0 aliphatic carbocycles. The van der Waals surface area contributed by atoms with Crippen LogP contribution in [0, 0.1) is 0 Å². The van der Waals surface area contributed by atoms with Crippen LogP contribution in [0.25, 0.3) is 6.08 Å². The Balaban J connectivity index is 2.64. The van der Waals surface area contributed by atoms with Gasteiger partial charge >= 0.3 is 5.97 Å². The molecule has 0 bridgehead atoms. The Morgan fingerprint density at radius 2 is 2.60 bits per heavy atom. The number of aliphatic carboxylic acids is 1. The standard InChI is InChI=1S/C5H5N3O2/c9-5(10)2-1-4-6-3-7-8-4/h1-3H,(H,9,10)(H,6,7,8)/b2-1+. The van der Waals surface area contributed by atoms with E-state index >= 15 is 0 Å². The Morgan fingerprint density at radius 1 is 1.80 bits per heavy atom. The fourth-order valence-corrected chi connectivity index (χ4v) is 0.445. The van der Waals surface area contributed by atoms with Gasteiger partial charge in [-0.15, -0.1) is 0 Å². The molecule has 52 valence electrons. The van der Waals surface area contributed by atoms with Gasteiger partial charge in [0.1, 0.15) is 12.2 Å². The molecule has 0 saturated heterocycles. The predicted octanol–water partition coefficient (Wildman–Crippen LogP) is -0.0975. The minimum absolute atomic E-state index is 0.433. The van der Waals surface area contributed by atoms with Crippen molar-refractivity contribution in [3.63, 3.8) is 0 Å². The molecule has 1 rings (SSSR count). The number of H-pyrrole nitrogens is 1. The van der Waals surface area contributed by atoms with Gasteiger partial charge in [-0.1, -0.05) is 0 Å². The lowest BCUT2D eigenvalue weighted by molar-refractivity contribution is -0.131. The van der Waals surface area contributed by atoms with Crippen LogP contribution < -0.4 is 0 Å². The summed E-state index contributed by atoms with van der Waals surface area (Å²) in [4.78, 5) is 13.6. The molecule has 0 unspecified atom stereocenters. The van der Waals surface area contributed by atoms with Gasteiger partial charge in [0, 0.05) is 6.08 Å². The molecular weight excluding hydrogens is 134 g/mol. The fraction of sp³-hybridized carbons (Fsp3) is 0. The van der Waals surface area contributed by atoms with Gasteiger partial charge in [-0.2, -0.15) is 5.10 Å². The Kier molecular flexibility index (Phi) is 1.79. The fourth-order valence-electron chi connectivity index (χ4n) is 0.445. The number of rotatable bonds is 2. The molecule has 0 atom stereocenters. The molecule has 0 fully saturated rings. The molecule has 5 heteroatoms. The summed E-state index contributed by atoms with van der Waals surface area (Å²) in [7, 11) is 0. The van der Waals surface area contributed by atoms with E-state index in [1.54, 1.807) is 0 Å². The maximum absolute atomic E-state index is 9.95. The van der Waals surface area contributed by atoms with Crippen molar-refractivity contribution in [3.05, 3.63) is 18.2 Å². The minimum atomic E-state index is -1.00. The number of aromatic nitrogens is 3. The smallest absolute Gasteiger partial charge is 0.328 e. The molecule has 5 nitrogen and oxygen atoms in total. The first-order valence-electron chi connectivity index (χ1n) is 2.55. The highest BCUT2D eigenvalue weighted by Crippen LogP contribution is 1.87. The first-order chi connectivity index (χ1) is 4.79. The number of carboxylic acid groups (broad SMARTS) is 1. The first kappa shape index (κ1) is 6.47. The van der Waals surface area contributed by atoms with Crippen molar-refractivity contribution in [2.45, 2.75) is 0 Å². The first-order valence-corrected chi connectivity index (χ1v) is 2.55. The van der Waals surface area contributed by atoms with E-state index in [1.165, 1.54) is 12.4 Å². The maximum Gasteiger partial charge on any atom is 0.328 e. The Hall–Kier alpha value is -1.65. The van der Waals surface area contributed by atoms with Crippen molar-refractivity contribution in [1.82, 2.24) is 15.2 Å². The van der Waals surface area contributed by atoms with Crippen LogP contribution in [0.2, 0.25) is 0 Å². The lowest BCUT2D eigenvalue weighted by Gasteiger charge is -1.77. The topological polar surface area (TPSA) is 78.9 Å². The van der Waals surface area contributed by atoms with Crippen LogP contribution in [-0.4, -0.2) is 26.3 Å². The second kappa shape index (κ2) is 2.77. The van der Waals surface area contributed by atoms with E-state index < -0.39 is 5.97 Å². The second-order valence-corrected chi connectivity index (χ2v) is 1.54. The Bertz CT molecular complexity index is 239. The van der Waals surface area contributed by atoms with Crippen molar-refractivity contribution in [1.29, 1.82) is 0 Å². The number of nitrogens with one attached hydrogen (secondary N) is 1. The molecule has 0 radical (unpaired) electrons. The molecule has 1 aromatic heterocycles. The van der Waals surface area contributed by atoms with Crippen molar-refractivity contribution < 1.29 is 9.90 Å². The third-order valence-corrected chi connectivity index (χ3v) is 0.817. The Labute approximate surface area is 56.4 Å². The molecule has 0 spiro atoms. The summed E-state index contributed by atoms with van der Waals surface area (Å²) in [6.07, 6.45) is 3.62. The van der Waals surface area contributed by atoms with Crippen molar-refractivity contribution in [2.75, 3.05) is 0 Å². The number of carboxylic acids is 1. The van der Waals surface area contributed by atoms with Crippen molar-refractivity contribution >= 4 is 12.0 Å². The van der Waals surface area contributed by atoms with Gasteiger partial charge in [-0.05, 0) is 6.08 Å². The summed E-state index contributed by atoms with van der Waals surface area (Å²) in [6.45, 7) is 0. The van der Waals surface area contributed by atoms with Gasteiger partial charge in [0.05, 0.1) is 0 Å². The third-order valence-electron chi connectivity index (χ3n) is 0.817. The van der Waals surface area contributed by atoms with Crippen LogP contribution in [0.5, 0.6) is 0 Å². The van der Waals surface area contributed by atoms with Crippen molar-refractivity contribution in [3.8, 4) is 0 Å². The molecule has 2 N–H and O–H groups in total. The van der Waals surface area contributed by atoms with Gasteiger partial charge in [0.2, 0.25) is 0 Å². The second-order valence-electron chi connectivity index (χ2n) is 1.54. The molecule has 0 saturated carbocycles. The molecule has 1 aromatic rings. The summed E-state index contributed by atoms with van der Waals surface area (Å²) < 4.78 is 0. The van der Waals surface area contributed by atoms with E-state index in [9.17, 15) is 4.79 Å². The zero-order valence-corrected chi connectivity index (χ0v) is 4.98. The molecule has 0 amide bonds. The predicted molar refractivity (Wildman–Crippen MR) is 33.1 cm³/mol. The van der Waals surface area contributed by atoms with Crippen LogP contribution in [-0.2, 0) is 4.79 Å². The normalized spacial score (nSPS) is 10.4. The lowest BCUT2D eigenvalue weighted by atomic mass is 10.5. The van der Waals surface area contributed by atoms with E-state index in [0.29, 0.717) is 5.82 Å². The summed E-state index contributed by atoms with van der Waals surface area (Å²) in [5.41, 5.74) is 0. The zero-order valence-electron chi connectivity index (χ0n) is 4.98. The van der Waals surface area contributed by atoms with Crippen LogP contribution in [0.4, 0.5) is 0 Å². The summed E-state index contributed by atoms with van der Waals surface area (Å²) in [5.74, 6) is -0.571. The summed E-state index contributed by atoms with van der Waals surface area (Å²) in [5, 5.41) is 14.2. The minimum Gasteiger partial charge on any atom is -0.478 e. The summed E-state index contributed by atoms with van der Waals surface area (Å²) >= 11 is 0. The molecule has 1 heterocycles. The molecule has 0 aliphatic rings. The van der Waals surface area contributed by atoms with Crippen LogP contribution in [0.15, 0.2) is 12.4 Å². The molecule has 0 aromatic carbocycles. The van der Waals surface area contributed by atoms with E-state index in [4.69, 9.17) is 5.11 Å². The average Bonchev–Trinajstić information content (AvgIpc) is 2.34. The molecule has 0 aliphatic heterocycles. The van der Waals surface area contributed by atoms with Crippen LogP contribution >= 0.6 is 0 Å². The largest absolute Gasteiger partial charge is 0.478 e. The maximum atomic E-state index is 9.95. The van der Waals surface area contributed by atoms with E-state index in [0.717, 1.165) is 6.08 Å². The van der Waals surface area contributed by atoms with Gasteiger partial charge in [-0.25, -0.2) is 9.78 Å². The van der Waals surface area contributed by atoms with E-state index in [2.05, 4.69) is 15.2 Å². The monoisotopic (exact) mass is 139 g/mol. The highest BCUT2D eigenvalue weighted by atomic mass is 16.4. The van der Waals surface area contributed by atoms with Crippen molar-refractivity contribution in [2.24, 2.45) is 0 Å². The highest BCUT2D eigenvalue weighted by molar-refractivity contribution is 5.84. The number of aromatic amines is 1. The number of hydrogen-bond donors (Lipinski definition) is 2. The van der Waals surface area contributed by atoms with Gasteiger partial charge in [-0.3, -0.25) is 5.10 Å². The van der Waals surface area contributed by atoms with E-state index in [1.807, 2.05) is 0 Å². The van der Waals surface area contributed by atoms with Gasteiger partial charge in [0.25, 0.3) is 0 Å². The van der Waals surface area contributed by atoms with Gasteiger partial charge < -0.3 is 5.11 Å². The number of carbonyl (C=O) groups is 1. The SMILES string of the molecule is O=C(O)/C=C/c1ncn[nH]1. The average molecular weight is 139 g/mol. The Morgan fingerprint density at radius 3 is 3.10 bits per heavy atom. The van der Waals surface area contributed by atoms with Gasteiger partial charge in [0.15, 0.2) is 0 Å². The van der Waals surface area contributed by atoms with Crippen LogP contribution in [0.1, 0.15) is 5.82 Å². The third kappa shape index (κ3) is 1.70. The highest BCUT2D eigenvalue weighted by Gasteiger charge is 1.88. The number of nitrogens with zero attached hydrogens (tertiary/aromatic N) is 2. The quantitative estimate of drug-likeness (QED) is 0.561. The molecular formula is C5H5N3O2. The molecule has 10 heavy (non-hydrogen) atoms. The lowest BCUT2D eigenvalue weighted by Crippen LogP contribution is -1.86.